The average Bonchev–Trinajstić information content (AvgIpc) is 3.45. The number of amides is 1. The topological polar surface area (TPSA) is 98.2 Å². The zero-order valence-electron chi connectivity index (χ0n) is 19.1. The number of halogens is 3. The van der Waals surface area contributed by atoms with Gasteiger partial charge in [0, 0.05) is 17.9 Å². The summed E-state index contributed by atoms with van der Waals surface area (Å²) in [5.41, 5.74) is 2.44. The summed E-state index contributed by atoms with van der Waals surface area (Å²) in [7, 11) is 0. The van der Waals surface area contributed by atoms with Crippen LogP contribution in [0.2, 0.25) is 0 Å². The number of fused-ring (bicyclic) bond motifs is 1. The normalized spacial score (nSPS) is 20.0. The van der Waals surface area contributed by atoms with Gasteiger partial charge in [0.1, 0.15) is 5.82 Å². The number of carbonyl (C=O) groups is 1. The maximum Gasteiger partial charge on any atom is 0.416 e. The van der Waals surface area contributed by atoms with Gasteiger partial charge < -0.3 is 20.5 Å². The van der Waals surface area contributed by atoms with Crippen molar-refractivity contribution in [2.24, 2.45) is 0 Å². The molecule has 2 unspecified atom stereocenters. The van der Waals surface area contributed by atoms with E-state index in [0.717, 1.165) is 41.9 Å². The van der Waals surface area contributed by atoms with Crippen molar-refractivity contribution in [3.05, 3.63) is 77.2 Å². The van der Waals surface area contributed by atoms with Crippen LogP contribution < -0.4 is 5.32 Å². The summed E-state index contributed by atoms with van der Waals surface area (Å²) in [6.07, 6.45) is 1.95. The monoisotopic (exact) mass is 487 g/mol. The molecule has 3 aromatic rings. The minimum absolute atomic E-state index is 0.415. The van der Waals surface area contributed by atoms with E-state index in [9.17, 15) is 23.1 Å². The lowest BCUT2D eigenvalue weighted by Gasteiger charge is -2.19. The van der Waals surface area contributed by atoms with Crippen molar-refractivity contribution < 1.29 is 28.2 Å². The van der Waals surface area contributed by atoms with Gasteiger partial charge in [0.2, 0.25) is 0 Å². The first-order chi connectivity index (χ1) is 16.7. The molecule has 0 aliphatic heterocycles. The second kappa shape index (κ2) is 10.5. The highest BCUT2D eigenvalue weighted by atomic mass is 19.4. The third-order valence-corrected chi connectivity index (χ3v) is 6.57. The maximum atomic E-state index is 12.8. The Morgan fingerprint density at radius 2 is 1.80 bits per heavy atom. The minimum atomic E-state index is -4.32. The summed E-state index contributed by atoms with van der Waals surface area (Å²) in [4.78, 5) is 18.1. The highest BCUT2D eigenvalue weighted by molar-refractivity contribution is 5.66. The van der Waals surface area contributed by atoms with Crippen LogP contribution in [0.4, 0.5) is 18.0 Å². The standard InChI is InChI=1S/C16H17F3N2.C10H11NO3/c17-16(18,19)13-8-4-7-12(9-13)14-10-20-15(21-14)11-5-2-1-3-6-11;12-8-5-6-3-1-2-4-7(6)9(8)11-10(13)14/h4,7-11H,1-3,5-6H2,(H,20,21);1-4,8-9,11-12H,5H2,(H,13,14). The Morgan fingerprint density at radius 1 is 1.06 bits per heavy atom. The fraction of sp³-hybridized carbons (Fsp3) is 0.385. The van der Waals surface area contributed by atoms with Gasteiger partial charge in [-0.25, -0.2) is 9.78 Å². The maximum absolute atomic E-state index is 12.8. The molecular formula is C26H28F3N3O3. The molecule has 0 spiro atoms. The number of H-pyrrole nitrogens is 1. The van der Waals surface area contributed by atoms with Crippen molar-refractivity contribution in [1.29, 1.82) is 0 Å². The molecule has 6 nitrogen and oxygen atoms in total. The van der Waals surface area contributed by atoms with E-state index in [0.29, 0.717) is 23.6 Å². The van der Waals surface area contributed by atoms with Crippen LogP contribution in [-0.2, 0) is 12.6 Å². The van der Waals surface area contributed by atoms with Crippen LogP contribution in [-0.4, -0.2) is 32.4 Å². The molecular weight excluding hydrogens is 459 g/mol. The zero-order chi connectivity index (χ0) is 25.0. The van der Waals surface area contributed by atoms with E-state index in [1.54, 1.807) is 12.3 Å². The molecule has 1 amide bonds. The van der Waals surface area contributed by atoms with Crippen molar-refractivity contribution in [3.8, 4) is 11.3 Å². The number of aliphatic hydroxyl groups excluding tert-OH is 1. The molecule has 0 radical (unpaired) electrons. The molecule has 5 rings (SSSR count). The van der Waals surface area contributed by atoms with Gasteiger partial charge in [0.25, 0.3) is 0 Å². The van der Waals surface area contributed by atoms with Crippen LogP contribution in [0.15, 0.2) is 54.7 Å². The van der Waals surface area contributed by atoms with E-state index in [4.69, 9.17) is 5.11 Å². The van der Waals surface area contributed by atoms with Gasteiger partial charge in [0.05, 0.1) is 29.6 Å². The van der Waals surface area contributed by atoms with Crippen LogP contribution in [0.5, 0.6) is 0 Å². The van der Waals surface area contributed by atoms with E-state index >= 15 is 0 Å². The van der Waals surface area contributed by atoms with E-state index in [2.05, 4.69) is 15.3 Å². The Labute approximate surface area is 201 Å². The predicted molar refractivity (Wildman–Crippen MR) is 125 cm³/mol. The molecule has 1 heterocycles. The molecule has 186 valence electrons. The fourth-order valence-electron chi connectivity index (χ4n) is 4.81. The van der Waals surface area contributed by atoms with Gasteiger partial charge >= 0.3 is 12.3 Å². The lowest BCUT2D eigenvalue weighted by atomic mass is 9.89. The van der Waals surface area contributed by atoms with Crippen LogP contribution in [0, 0.1) is 0 Å². The quantitative estimate of drug-likeness (QED) is 0.361. The summed E-state index contributed by atoms with van der Waals surface area (Å²) in [5.74, 6) is 1.32. The molecule has 1 saturated carbocycles. The fourth-order valence-corrected chi connectivity index (χ4v) is 4.81. The Hall–Kier alpha value is -3.33. The van der Waals surface area contributed by atoms with E-state index in [-0.39, 0.29) is 0 Å². The number of rotatable bonds is 3. The third kappa shape index (κ3) is 6.03. The number of nitrogens with one attached hydrogen (secondary N) is 2. The van der Waals surface area contributed by atoms with Gasteiger partial charge in [0.15, 0.2) is 0 Å². The smallest absolute Gasteiger partial charge is 0.416 e. The highest BCUT2D eigenvalue weighted by Gasteiger charge is 2.32. The number of carboxylic acid groups (broad SMARTS) is 1. The van der Waals surface area contributed by atoms with Crippen LogP contribution in [0.25, 0.3) is 11.3 Å². The molecule has 9 heteroatoms. The second-order valence-corrected chi connectivity index (χ2v) is 8.99. The van der Waals surface area contributed by atoms with Crippen molar-refractivity contribution in [2.75, 3.05) is 0 Å². The van der Waals surface area contributed by atoms with Gasteiger partial charge in [-0.1, -0.05) is 55.7 Å². The number of alkyl halides is 3. The first-order valence-electron chi connectivity index (χ1n) is 11.7. The summed E-state index contributed by atoms with van der Waals surface area (Å²) < 4.78 is 38.3. The summed E-state index contributed by atoms with van der Waals surface area (Å²) >= 11 is 0. The largest absolute Gasteiger partial charge is 0.465 e. The van der Waals surface area contributed by atoms with Crippen molar-refractivity contribution in [3.63, 3.8) is 0 Å². The average molecular weight is 488 g/mol. The SMILES string of the molecule is FC(F)(F)c1cccc(-c2cnc(C3CCCCC3)[nH]2)c1.O=C(O)NC1c2ccccc2CC1O. The molecule has 2 aromatic carbocycles. The second-order valence-electron chi connectivity index (χ2n) is 8.99. The van der Waals surface area contributed by atoms with E-state index in [1.165, 1.54) is 25.3 Å². The molecule has 1 fully saturated rings. The van der Waals surface area contributed by atoms with Gasteiger partial charge in [-0.15, -0.1) is 0 Å². The molecule has 0 saturated heterocycles. The Balaban J connectivity index is 0.000000179. The summed E-state index contributed by atoms with van der Waals surface area (Å²) in [5, 5.41) is 20.5. The highest BCUT2D eigenvalue weighted by Crippen LogP contribution is 2.34. The Bertz CT molecular complexity index is 1160. The molecule has 1 aromatic heterocycles. The van der Waals surface area contributed by atoms with Gasteiger partial charge in [-0.2, -0.15) is 13.2 Å². The minimum Gasteiger partial charge on any atom is -0.465 e. The number of aromatic nitrogens is 2. The number of imidazole rings is 1. The third-order valence-electron chi connectivity index (χ3n) is 6.57. The number of nitrogens with zero attached hydrogens (tertiary/aromatic N) is 1. The Morgan fingerprint density at radius 3 is 2.51 bits per heavy atom. The number of aromatic amines is 1. The number of benzene rings is 2. The van der Waals surface area contributed by atoms with Crippen molar-refractivity contribution >= 4 is 6.09 Å². The first kappa shape index (κ1) is 24.8. The lowest BCUT2D eigenvalue weighted by Crippen LogP contribution is -2.32. The van der Waals surface area contributed by atoms with Crippen molar-refractivity contribution in [1.82, 2.24) is 15.3 Å². The molecule has 2 aliphatic carbocycles. The number of hydrogen-bond donors (Lipinski definition) is 4. The summed E-state index contributed by atoms with van der Waals surface area (Å²) in [6.45, 7) is 0. The molecule has 0 bridgehead atoms. The summed E-state index contributed by atoms with van der Waals surface area (Å²) in [6, 6.07) is 12.3. The van der Waals surface area contributed by atoms with E-state index in [1.807, 2.05) is 24.3 Å². The van der Waals surface area contributed by atoms with Gasteiger partial charge in [-0.3, -0.25) is 0 Å². The predicted octanol–water partition coefficient (Wildman–Crippen LogP) is 6.06. The molecule has 4 N–H and O–H groups in total. The molecule has 2 atom stereocenters. The van der Waals surface area contributed by atoms with Gasteiger partial charge in [-0.05, 0) is 36.1 Å². The van der Waals surface area contributed by atoms with Crippen LogP contribution in [0.3, 0.4) is 0 Å². The zero-order valence-corrected chi connectivity index (χ0v) is 19.1. The van der Waals surface area contributed by atoms with Crippen molar-refractivity contribution in [2.45, 2.75) is 62.8 Å². The number of aliphatic hydroxyl groups is 1. The van der Waals surface area contributed by atoms with E-state index < -0.39 is 30.0 Å². The van der Waals surface area contributed by atoms with Crippen LogP contribution in [0.1, 0.15) is 66.6 Å². The molecule has 35 heavy (non-hydrogen) atoms. The first-order valence-corrected chi connectivity index (χ1v) is 11.7. The van der Waals surface area contributed by atoms with Crippen LogP contribution >= 0.6 is 0 Å². The Kier molecular flexibility index (Phi) is 7.45. The molecule has 2 aliphatic rings. The number of hydrogen-bond acceptors (Lipinski definition) is 3. The lowest BCUT2D eigenvalue weighted by molar-refractivity contribution is -0.137.